The Bertz CT molecular complexity index is 1080. The van der Waals surface area contributed by atoms with Gasteiger partial charge in [0.05, 0.1) is 40.3 Å². The smallest absolute Gasteiger partial charge is 0.306 e. The topological polar surface area (TPSA) is 111 Å². The lowest BCUT2D eigenvalue weighted by atomic mass is 10.0. The average Bonchev–Trinajstić information content (AvgIpc) is 3.17. The van der Waals surface area contributed by atoms with E-state index in [0.29, 0.717) is 17.4 Å². The van der Waals surface area contributed by atoms with Gasteiger partial charge >= 0.3 is 11.9 Å². The number of esters is 2. The number of carbonyl (C=O) groups excluding carboxylic acids is 3. The van der Waals surface area contributed by atoms with E-state index in [1.165, 1.54) is 103 Å². The summed E-state index contributed by atoms with van der Waals surface area (Å²) in [6.45, 7) is 4.54. The molecule has 57 heavy (non-hydrogen) atoms. The normalized spacial score (nSPS) is 13.4. The van der Waals surface area contributed by atoms with Gasteiger partial charge < -0.3 is 33.3 Å². The highest BCUT2D eigenvalue weighted by atomic mass is 16.7. The molecule has 9 nitrogen and oxygen atoms in total. The van der Waals surface area contributed by atoms with E-state index < -0.39 is 24.3 Å². The molecular weight excluding hydrogens is 719 g/mol. The Hall–Kier alpha value is -2.75. The quantitative estimate of drug-likeness (QED) is 0.0197. The molecule has 0 saturated heterocycles. The van der Waals surface area contributed by atoms with Gasteiger partial charge in [0.2, 0.25) is 0 Å². The van der Waals surface area contributed by atoms with Gasteiger partial charge in [-0.2, -0.15) is 0 Å². The molecule has 0 N–H and O–H groups in total. The maximum absolute atomic E-state index is 12.7. The van der Waals surface area contributed by atoms with Crippen molar-refractivity contribution in [2.75, 3.05) is 47.5 Å². The zero-order valence-electron chi connectivity index (χ0n) is 37.2. The van der Waals surface area contributed by atoms with Crippen molar-refractivity contribution in [1.82, 2.24) is 0 Å². The summed E-state index contributed by atoms with van der Waals surface area (Å²) in [5.74, 6) is -2.39. The Balaban J connectivity index is 4.43. The van der Waals surface area contributed by atoms with Gasteiger partial charge in [-0.3, -0.25) is 9.59 Å². The first-order chi connectivity index (χ1) is 27.6. The number of unbranched alkanes of at least 4 members (excludes halogenated alkanes) is 18. The molecule has 0 aromatic rings. The van der Waals surface area contributed by atoms with Crippen LogP contribution in [0.3, 0.4) is 0 Å². The van der Waals surface area contributed by atoms with Crippen molar-refractivity contribution >= 4 is 17.9 Å². The molecule has 9 heteroatoms. The number of likely N-dealkylation sites (N-methyl/N-ethyl adjacent to an activating group) is 1. The number of carboxylic acid groups (broad SMARTS) is 1. The highest BCUT2D eigenvalue weighted by Crippen LogP contribution is 2.15. The lowest BCUT2D eigenvalue weighted by Gasteiger charge is -2.26. The molecule has 0 rings (SSSR count). The summed E-state index contributed by atoms with van der Waals surface area (Å²) in [6, 6.07) is 0. The third kappa shape index (κ3) is 41.2. The molecule has 0 fully saturated rings. The summed E-state index contributed by atoms with van der Waals surface area (Å²) in [4.78, 5) is 36.9. The van der Waals surface area contributed by atoms with E-state index in [-0.39, 0.29) is 38.6 Å². The van der Waals surface area contributed by atoms with Gasteiger partial charge in [-0.1, -0.05) is 178 Å². The molecule has 2 atom stereocenters. The number of rotatable bonds is 41. The number of aliphatic carboxylic acids is 1. The fourth-order valence-corrected chi connectivity index (χ4v) is 6.08. The lowest BCUT2D eigenvalue weighted by Crippen LogP contribution is -2.44. The van der Waals surface area contributed by atoms with Crippen LogP contribution in [-0.4, -0.2) is 82.3 Å². The summed E-state index contributed by atoms with van der Waals surface area (Å²) in [6.07, 6.45) is 43.1. The summed E-state index contributed by atoms with van der Waals surface area (Å²) < 4.78 is 22.4. The molecule has 0 aliphatic rings. The van der Waals surface area contributed by atoms with Crippen molar-refractivity contribution in [3.63, 3.8) is 0 Å². The van der Waals surface area contributed by atoms with Crippen LogP contribution in [0, 0.1) is 0 Å². The highest BCUT2D eigenvalue weighted by molar-refractivity contribution is 5.70. The number of hydrogen-bond donors (Lipinski definition) is 0. The maximum Gasteiger partial charge on any atom is 0.306 e. The first kappa shape index (κ1) is 54.2. The Morgan fingerprint density at radius 2 is 1.00 bits per heavy atom. The van der Waals surface area contributed by atoms with E-state index in [2.05, 4.69) is 50.3 Å². The molecule has 2 unspecified atom stereocenters. The number of ether oxygens (including phenoxy) is 4. The Morgan fingerprint density at radius 1 is 0.544 bits per heavy atom. The SMILES string of the molecule is CC/C=C\C/C=C\C/C=C\C/C=C\CCC(=O)OC(COC(=O)CCCCCCCCCCCCCCCCCCCCC)COC(OCC[N+](C)(C)C)C(=O)[O-]. The predicted octanol–water partition coefficient (Wildman–Crippen LogP) is 10.7. The fraction of sp³-hybridized carbons (Fsp3) is 0.771. The minimum Gasteiger partial charge on any atom is -0.545 e. The van der Waals surface area contributed by atoms with Crippen LogP contribution in [-0.2, 0) is 33.3 Å². The van der Waals surface area contributed by atoms with E-state index >= 15 is 0 Å². The van der Waals surface area contributed by atoms with Gasteiger partial charge in [0, 0.05) is 12.8 Å². The molecule has 0 heterocycles. The summed E-state index contributed by atoms with van der Waals surface area (Å²) in [5.41, 5.74) is 0. The number of carboxylic acids is 1. The molecule has 0 radical (unpaired) electrons. The highest BCUT2D eigenvalue weighted by Gasteiger charge is 2.21. The van der Waals surface area contributed by atoms with Gasteiger partial charge in [0.1, 0.15) is 13.2 Å². The van der Waals surface area contributed by atoms with Gasteiger partial charge in [0.15, 0.2) is 12.4 Å². The summed E-state index contributed by atoms with van der Waals surface area (Å²) in [7, 11) is 5.88. The third-order valence-electron chi connectivity index (χ3n) is 9.60. The second-order valence-corrected chi connectivity index (χ2v) is 16.3. The van der Waals surface area contributed by atoms with E-state index in [0.717, 1.165) is 44.9 Å². The van der Waals surface area contributed by atoms with E-state index in [1.54, 1.807) is 0 Å². The largest absolute Gasteiger partial charge is 0.545 e. The fourth-order valence-electron chi connectivity index (χ4n) is 6.08. The zero-order chi connectivity index (χ0) is 42.1. The van der Waals surface area contributed by atoms with E-state index in [4.69, 9.17) is 18.9 Å². The lowest BCUT2D eigenvalue weighted by molar-refractivity contribution is -0.870. The summed E-state index contributed by atoms with van der Waals surface area (Å²) in [5, 5.41) is 11.7. The van der Waals surface area contributed by atoms with Crippen LogP contribution >= 0.6 is 0 Å². The molecule has 0 bridgehead atoms. The van der Waals surface area contributed by atoms with E-state index in [1.807, 2.05) is 33.3 Å². The number of quaternary nitrogens is 1. The number of allylic oxidation sites excluding steroid dienone is 8. The molecule has 330 valence electrons. The molecular formula is C48H85NO8. The zero-order valence-corrected chi connectivity index (χ0v) is 37.2. The molecule has 0 aromatic heterocycles. The van der Waals surface area contributed by atoms with Crippen molar-refractivity contribution < 1.29 is 42.9 Å². The number of nitrogens with zero attached hydrogens (tertiary/aromatic N) is 1. The molecule has 0 spiro atoms. The first-order valence-electron chi connectivity index (χ1n) is 22.8. The van der Waals surface area contributed by atoms with Gasteiger partial charge in [-0.15, -0.1) is 0 Å². The van der Waals surface area contributed by atoms with Crippen molar-refractivity contribution in [3.8, 4) is 0 Å². The third-order valence-corrected chi connectivity index (χ3v) is 9.60. The predicted molar refractivity (Wildman–Crippen MR) is 232 cm³/mol. The first-order valence-corrected chi connectivity index (χ1v) is 22.8. The average molecular weight is 804 g/mol. The molecule has 0 amide bonds. The Labute approximate surface area is 349 Å². The minimum atomic E-state index is -1.64. The van der Waals surface area contributed by atoms with Gasteiger partial charge in [-0.05, 0) is 38.5 Å². The number of hydrogen-bond acceptors (Lipinski definition) is 8. The van der Waals surface area contributed by atoms with Crippen LogP contribution in [0.2, 0.25) is 0 Å². The van der Waals surface area contributed by atoms with E-state index in [9.17, 15) is 19.5 Å². The van der Waals surface area contributed by atoms with Gasteiger partial charge in [0.25, 0.3) is 0 Å². The van der Waals surface area contributed by atoms with Crippen molar-refractivity contribution in [1.29, 1.82) is 0 Å². The second kappa shape index (κ2) is 40.0. The second-order valence-electron chi connectivity index (χ2n) is 16.3. The van der Waals surface area contributed by atoms with Crippen LogP contribution in [0.1, 0.15) is 181 Å². The van der Waals surface area contributed by atoms with Gasteiger partial charge in [-0.25, -0.2) is 0 Å². The molecule has 0 aromatic carbocycles. The minimum absolute atomic E-state index is 0.127. The summed E-state index contributed by atoms with van der Waals surface area (Å²) >= 11 is 0. The van der Waals surface area contributed by atoms with Crippen molar-refractivity contribution in [2.45, 2.75) is 193 Å². The van der Waals surface area contributed by atoms with Crippen LogP contribution < -0.4 is 5.11 Å². The Kier molecular flexibility index (Phi) is 38.1. The monoisotopic (exact) mass is 804 g/mol. The van der Waals surface area contributed by atoms with Crippen LogP contribution in [0.5, 0.6) is 0 Å². The van der Waals surface area contributed by atoms with Crippen molar-refractivity contribution in [2.24, 2.45) is 0 Å². The van der Waals surface area contributed by atoms with Crippen LogP contribution in [0.4, 0.5) is 0 Å². The number of carbonyl (C=O) groups is 3. The van der Waals surface area contributed by atoms with Crippen molar-refractivity contribution in [3.05, 3.63) is 48.6 Å². The molecule has 0 aliphatic heterocycles. The maximum atomic E-state index is 12.7. The van der Waals surface area contributed by atoms with Crippen LogP contribution in [0.15, 0.2) is 48.6 Å². The van der Waals surface area contributed by atoms with Crippen LogP contribution in [0.25, 0.3) is 0 Å². The Morgan fingerprint density at radius 3 is 1.46 bits per heavy atom. The molecule has 0 aliphatic carbocycles. The standard InChI is InChI=1S/C48H85NO8/c1-6-8-10-12-14-16-18-20-21-22-23-24-25-27-28-30-32-34-36-38-45(50)55-42-44(43-56-48(47(52)53)54-41-40-49(3,4)5)57-46(51)39-37-35-33-31-29-26-19-17-15-13-11-9-7-2/h9,11,15,17,26,29,33,35,44,48H,6-8,10,12-14,16,18-25,27-28,30-32,34,36-43H2,1-5H3/b11-9-,17-15-,29-26-,35-33-. The molecule has 0 saturated carbocycles.